The van der Waals surface area contributed by atoms with Crippen LogP contribution in [0.5, 0.6) is 0 Å². The van der Waals surface area contributed by atoms with E-state index in [-0.39, 0.29) is 0 Å². The molecule has 0 fully saturated rings. The largest absolute Gasteiger partial charge is 0.298 e. The molecule has 0 aliphatic carbocycles. The van der Waals surface area contributed by atoms with Gasteiger partial charge in [-0.1, -0.05) is 91.0 Å². The van der Waals surface area contributed by atoms with Crippen LogP contribution >= 0.6 is 0 Å². The Bertz CT molecular complexity index is 2140. The van der Waals surface area contributed by atoms with E-state index in [0.717, 1.165) is 50.5 Å². The standard InChI is InChI=1S/C35H22N4/c1-2-10-26-23(9-1)19-20-28-32(26)27-11-3-4-12-29(27)37-33(28)24-15-17-25(18-16-24)34-35(30-13-5-7-21-36-30)39-22-8-6-14-31(39)38-34/h1-22H. The van der Waals surface area contributed by atoms with Gasteiger partial charge in [-0.05, 0) is 41.1 Å². The van der Waals surface area contributed by atoms with Crippen LogP contribution in [0.1, 0.15) is 0 Å². The summed E-state index contributed by atoms with van der Waals surface area (Å²) in [4.78, 5) is 14.8. The topological polar surface area (TPSA) is 43.1 Å². The summed E-state index contributed by atoms with van der Waals surface area (Å²) in [7, 11) is 0. The molecule has 0 bridgehead atoms. The van der Waals surface area contributed by atoms with Gasteiger partial charge in [0.15, 0.2) is 0 Å². The van der Waals surface area contributed by atoms with Crippen molar-refractivity contribution in [2.45, 2.75) is 0 Å². The van der Waals surface area contributed by atoms with Crippen molar-refractivity contribution >= 4 is 38.1 Å². The van der Waals surface area contributed by atoms with Crippen molar-refractivity contribution in [3.63, 3.8) is 0 Å². The van der Waals surface area contributed by atoms with Crippen molar-refractivity contribution in [1.82, 2.24) is 19.4 Å². The molecule has 0 unspecified atom stereocenters. The minimum absolute atomic E-state index is 0.893. The number of pyridine rings is 3. The van der Waals surface area contributed by atoms with Gasteiger partial charge in [0, 0.05) is 39.7 Å². The van der Waals surface area contributed by atoms with E-state index in [0.29, 0.717) is 0 Å². The first-order chi connectivity index (χ1) is 19.3. The Labute approximate surface area is 224 Å². The number of hydrogen-bond donors (Lipinski definition) is 0. The normalized spacial score (nSPS) is 11.6. The van der Waals surface area contributed by atoms with Crippen LogP contribution in [0.25, 0.3) is 72.0 Å². The number of para-hydroxylation sites is 1. The Morgan fingerprint density at radius 2 is 1.26 bits per heavy atom. The average molecular weight is 499 g/mol. The molecule has 0 saturated carbocycles. The van der Waals surface area contributed by atoms with Gasteiger partial charge in [0.05, 0.1) is 28.3 Å². The van der Waals surface area contributed by atoms with Gasteiger partial charge >= 0.3 is 0 Å². The van der Waals surface area contributed by atoms with Crippen molar-refractivity contribution in [2.24, 2.45) is 0 Å². The molecule has 4 aromatic carbocycles. The minimum atomic E-state index is 0.893. The Hall–Kier alpha value is -5.35. The maximum Gasteiger partial charge on any atom is 0.137 e. The molecule has 8 aromatic rings. The molecule has 0 spiro atoms. The van der Waals surface area contributed by atoms with Crippen LogP contribution in [0.3, 0.4) is 0 Å². The Morgan fingerprint density at radius 1 is 0.513 bits per heavy atom. The monoisotopic (exact) mass is 498 g/mol. The van der Waals surface area contributed by atoms with Crippen molar-refractivity contribution in [3.8, 4) is 33.9 Å². The molecular formula is C35H22N4. The highest BCUT2D eigenvalue weighted by atomic mass is 15.0. The van der Waals surface area contributed by atoms with Crippen molar-refractivity contribution in [2.75, 3.05) is 0 Å². The molecule has 182 valence electrons. The van der Waals surface area contributed by atoms with Crippen LogP contribution in [-0.2, 0) is 0 Å². The summed E-state index contributed by atoms with van der Waals surface area (Å²) in [5.74, 6) is 0. The molecule has 8 rings (SSSR count). The second-order valence-corrected chi connectivity index (χ2v) is 9.72. The molecule has 4 aromatic heterocycles. The van der Waals surface area contributed by atoms with Gasteiger partial charge in [0.25, 0.3) is 0 Å². The number of imidazole rings is 1. The van der Waals surface area contributed by atoms with Gasteiger partial charge in [-0.3, -0.25) is 9.38 Å². The first kappa shape index (κ1) is 21.7. The van der Waals surface area contributed by atoms with E-state index in [9.17, 15) is 0 Å². The second kappa shape index (κ2) is 8.61. The van der Waals surface area contributed by atoms with Gasteiger partial charge in [-0.25, -0.2) is 9.97 Å². The van der Waals surface area contributed by atoms with Crippen LogP contribution in [0.15, 0.2) is 134 Å². The van der Waals surface area contributed by atoms with Crippen molar-refractivity contribution in [3.05, 3.63) is 134 Å². The molecule has 0 N–H and O–H groups in total. The van der Waals surface area contributed by atoms with Crippen LogP contribution in [0, 0.1) is 0 Å². The fourth-order valence-electron chi connectivity index (χ4n) is 5.67. The number of hydrogen-bond acceptors (Lipinski definition) is 3. The quantitative estimate of drug-likeness (QED) is 0.229. The summed E-state index contributed by atoms with van der Waals surface area (Å²) in [5.41, 5.74) is 7.79. The molecule has 0 atom stereocenters. The first-order valence-electron chi connectivity index (χ1n) is 13.0. The van der Waals surface area contributed by atoms with Gasteiger partial charge in [-0.15, -0.1) is 0 Å². The number of benzene rings is 4. The maximum atomic E-state index is 5.15. The summed E-state index contributed by atoms with van der Waals surface area (Å²) >= 11 is 0. The van der Waals surface area contributed by atoms with Gasteiger partial charge in [-0.2, -0.15) is 0 Å². The van der Waals surface area contributed by atoms with Crippen LogP contribution in [0.4, 0.5) is 0 Å². The molecule has 0 saturated heterocycles. The highest BCUT2D eigenvalue weighted by molar-refractivity contribution is 6.22. The maximum absolute atomic E-state index is 5.15. The molecule has 4 heterocycles. The summed E-state index contributed by atoms with van der Waals surface area (Å²) in [6.45, 7) is 0. The van der Waals surface area contributed by atoms with E-state index in [2.05, 4.69) is 94.3 Å². The number of fused-ring (bicyclic) bond motifs is 6. The predicted octanol–water partition coefficient (Wildman–Crippen LogP) is 8.58. The molecule has 4 heteroatoms. The zero-order chi connectivity index (χ0) is 25.8. The SMILES string of the molecule is c1ccc(-c2c(-c3ccc(-c4nc5ccccc5c5c4ccc4ccccc45)cc3)nc3ccccn23)nc1. The predicted molar refractivity (Wildman–Crippen MR) is 160 cm³/mol. The van der Waals surface area contributed by atoms with E-state index in [1.54, 1.807) is 0 Å². The smallest absolute Gasteiger partial charge is 0.137 e. The first-order valence-corrected chi connectivity index (χ1v) is 13.0. The minimum Gasteiger partial charge on any atom is -0.298 e. The van der Waals surface area contributed by atoms with Gasteiger partial charge < -0.3 is 0 Å². The lowest BCUT2D eigenvalue weighted by Crippen LogP contribution is -1.92. The lowest BCUT2D eigenvalue weighted by Gasteiger charge is -2.13. The third kappa shape index (κ3) is 3.42. The number of aromatic nitrogens is 4. The fourth-order valence-corrected chi connectivity index (χ4v) is 5.67. The van der Waals surface area contributed by atoms with E-state index in [1.807, 2.05) is 48.8 Å². The highest BCUT2D eigenvalue weighted by Gasteiger charge is 2.18. The van der Waals surface area contributed by atoms with Crippen LogP contribution < -0.4 is 0 Å². The summed E-state index contributed by atoms with van der Waals surface area (Å²) in [6, 6.07) is 42.1. The zero-order valence-corrected chi connectivity index (χ0v) is 21.0. The third-order valence-electron chi connectivity index (χ3n) is 7.46. The Morgan fingerprint density at radius 3 is 2.10 bits per heavy atom. The molecule has 0 aliphatic heterocycles. The lowest BCUT2D eigenvalue weighted by molar-refractivity contribution is 1.17. The van der Waals surface area contributed by atoms with Crippen molar-refractivity contribution in [1.29, 1.82) is 0 Å². The third-order valence-corrected chi connectivity index (χ3v) is 7.46. The molecule has 39 heavy (non-hydrogen) atoms. The van der Waals surface area contributed by atoms with E-state index in [4.69, 9.17) is 9.97 Å². The lowest BCUT2D eigenvalue weighted by atomic mass is 9.95. The molecule has 4 nitrogen and oxygen atoms in total. The van der Waals surface area contributed by atoms with Crippen LogP contribution in [0.2, 0.25) is 0 Å². The van der Waals surface area contributed by atoms with Crippen LogP contribution in [-0.4, -0.2) is 19.4 Å². The highest BCUT2D eigenvalue weighted by Crippen LogP contribution is 2.38. The fraction of sp³-hybridized carbons (Fsp3) is 0. The molecule has 0 amide bonds. The summed E-state index contributed by atoms with van der Waals surface area (Å²) in [5, 5.41) is 6.06. The molecular weight excluding hydrogens is 476 g/mol. The van der Waals surface area contributed by atoms with Crippen molar-refractivity contribution < 1.29 is 0 Å². The van der Waals surface area contributed by atoms with Gasteiger partial charge in [0.2, 0.25) is 0 Å². The Kier molecular flexibility index (Phi) is 4.79. The van der Waals surface area contributed by atoms with Gasteiger partial charge in [0.1, 0.15) is 5.65 Å². The summed E-state index contributed by atoms with van der Waals surface area (Å²) < 4.78 is 2.11. The van der Waals surface area contributed by atoms with E-state index < -0.39 is 0 Å². The Balaban J connectivity index is 1.34. The summed E-state index contributed by atoms with van der Waals surface area (Å²) in [6.07, 6.45) is 3.87. The second-order valence-electron chi connectivity index (χ2n) is 9.72. The number of rotatable bonds is 3. The molecule has 0 radical (unpaired) electrons. The molecule has 0 aliphatic rings. The van der Waals surface area contributed by atoms with E-state index in [1.165, 1.54) is 21.5 Å². The zero-order valence-electron chi connectivity index (χ0n) is 21.0. The van der Waals surface area contributed by atoms with E-state index >= 15 is 0 Å². The number of nitrogens with zero attached hydrogens (tertiary/aromatic N) is 4. The average Bonchev–Trinajstić information content (AvgIpc) is 3.40.